The van der Waals surface area contributed by atoms with Gasteiger partial charge in [-0.05, 0) is 31.8 Å². The van der Waals surface area contributed by atoms with E-state index in [1.54, 1.807) is 13.3 Å². The van der Waals surface area contributed by atoms with Crippen molar-refractivity contribution >= 4 is 11.9 Å². The number of nitrogens with zero attached hydrogens (tertiary/aromatic N) is 5. The quantitative estimate of drug-likeness (QED) is 0.477. The molecule has 9 nitrogen and oxygen atoms in total. The number of benzene rings is 1. The van der Waals surface area contributed by atoms with Crippen LogP contribution in [0.15, 0.2) is 46.1 Å². The molecular formula is C22H33N7O2. The average Bonchev–Trinajstić information content (AvgIpc) is 3.28. The van der Waals surface area contributed by atoms with E-state index in [4.69, 9.17) is 4.52 Å². The van der Waals surface area contributed by atoms with Crippen LogP contribution < -0.4 is 10.6 Å². The standard InChI is InChI=1S/C22H33N7O2/c1-23-22(29-12-10-28(11-13-29)17-20-7-14-31-26-20)25-16-18-5-4-6-19(15-18)21(30)24-8-9-27(2)3/h4-7,14-15H,8-13,16-17H2,1-3H3,(H,23,25)(H,24,30). The fraction of sp³-hybridized carbons (Fsp3) is 0.500. The Bertz CT molecular complexity index is 843. The van der Waals surface area contributed by atoms with E-state index in [-0.39, 0.29) is 5.91 Å². The maximum absolute atomic E-state index is 12.4. The molecule has 2 N–H and O–H groups in total. The Morgan fingerprint density at radius 3 is 2.68 bits per heavy atom. The number of aromatic nitrogens is 1. The molecule has 1 aromatic carbocycles. The highest BCUT2D eigenvalue weighted by atomic mass is 16.5. The van der Waals surface area contributed by atoms with Gasteiger partial charge < -0.3 is 25.0 Å². The first-order valence-electron chi connectivity index (χ1n) is 10.6. The zero-order valence-electron chi connectivity index (χ0n) is 18.7. The van der Waals surface area contributed by atoms with Crippen LogP contribution in [0.5, 0.6) is 0 Å². The van der Waals surface area contributed by atoms with E-state index in [1.807, 2.05) is 49.3 Å². The van der Waals surface area contributed by atoms with Crippen LogP contribution in [0.1, 0.15) is 21.6 Å². The molecule has 1 aliphatic heterocycles. The molecule has 0 bridgehead atoms. The molecule has 1 aliphatic rings. The van der Waals surface area contributed by atoms with E-state index in [2.05, 4.69) is 30.6 Å². The molecule has 0 unspecified atom stereocenters. The summed E-state index contributed by atoms with van der Waals surface area (Å²) in [7, 11) is 5.78. The lowest BCUT2D eigenvalue weighted by atomic mass is 10.1. The van der Waals surface area contributed by atoms with Gasteiger partial charge in [0.25, 0.3) is 5.91 Å². The Hall–Kier alpha value is -2.91. The lowest BCUT2D eigenvalue weighted by Crippen LogP contribution is -2.52. The van der Waals surface area contributed by atoms with Gasteiger partial charge in [-0.25, -0.2) is 0 Å². The molecule has 168 valence electrons. The topological polar surface area (TPSA) is 89.2 Å². The van der Waals surface area contributed by atoms with Crippen LogP contribution >= 0.6 is 0 Å². The van der Waals surface area contributed by atoms with Crippen molar-refractivity contribution in [2.45, 2.75) is 13.1 Å². The van der Waals surface area contributed by atoms with E-state index in [9.17, 15) is 4.79 Å². The molecule has 9 heteroatoms. The number of likely N-dealkylation sites (N-methyl/N-ethyl adjacent to an activating group) is 1. The Balaban J connectivity index is 1.47. The van der Waals surface area contributed by atoms with Gasteiger partial charge in [0.1, 0.15) is 6.26 Å². The molecule has 0 spiro atoms. The Kier molecular flexibility index (Phi) is 8.43. The zero-order valence-corrected chi connectivity index (χ0v) is 18.7. The molecule has 1 saturated heterocycles. The maximum Gasteiger partial charge on any atom is 0.251 e. The van der Waals surface area contributed by atoms with Crippen LogP contribution in [0.25, 0.3) is 0 Å². The van der Waals surface area contributed by atoms with Crippen LogP contribution in [0.3, 0.4) is 0 Å². The fourth-order valence-electron chi connectivity index (χ4n) is 3.50. The molecule has 3 rings (SSSR count). The van der Waals surface area contributed by atoms with E-state index >= 15 is 0 Å². The summed E-state index contributed by atoms with van der Waals surface area (Å²) in [6.07, 6.45) is 1.61. The molecule has 1 aromatic heterocycles. The molecule has 0 atom stereocenters. The Morgan fingerprint density at radius 1 is 1.19 bits per heavy atom. The number of amides is 1. The molecular weight excluding hydrogens is 394 g/mol. The minimum atomic E-state index is -0.0451. The van der Waals surface area contributed by atoms with Crippen molar-refractivity contribution in [3.05, 3.63) is 53.4 Å². The third-order valence-electron chi connectivity index (χ3n) is 5.24. The highest BCUT2D eigenvalue weighted by molar-refractivity contribution is 5.94. The highest BCUT2D eigenvalue weighted by Gasteiger charge is 2.20. The number of piperazine rings is 1. The first-order valence-corrected chi connectivity index (χ1v) is 10.6. The number of guanidine groups is 1. The monoisotopic (exact) mass is 427 g/mol. The SMILES string of the molecule is CN=C(NCc1cccc(C(=O)NCCN(C)C)c1)N1CCN(Cc2ccon2)CC1. The lowest BCUT2D eigenvalue weighted by Gasteiger charge is -2.36. The van der Waals surface area contributed by atoms with Crippen molar-refractivity contribution in [1.29, 1.82) is 0 Å². The largest absolute Gasteiger partial charge is 0.364 e. The average molecular weight is 428 g/mol. The van der Waals surface area contributed by atoms with Gasteiger partial charge in [-0.2, -0.15) is 0 Å². The van der Waals surface area contributed by atoms with Crippen LogP contribution in [-0.2, 0) is 13.1 Å². The number of carbonyl (C=O) groups excluding carboxylic acids is 1. The minimum absolute atomic E-state index is 0.0451. The van der Waals surface area contributed by atoms with Crippen LogP contribution in [0, 0.1) is 0 Å². The van der Waals surface area contributed by atoms with Gasteiger partial charge in [0.2, 0.25) is 0 Å². The zero-order chi connectivity index (χ0) is 22.1. The molecule has 1 amide bonds. The third kappa shape index (κ3) is 7.08. The lowest BCUT2D eigenvalue weighted by molar-refractivity contribution is 0.0951. The van der Waals surface area contributed by atoms with E-state index in [0.29, 0.717) is 18.7 Å². The molecule has 2 aromatic rings. The maximum atomic E-state index is 12.4. The van der Waals surface area contributed by atoms with E-state index in [1.165, 1.54) is 0 Å². The summed E-state index contributed by atoms with van der Waals surface area (Å²) in [5, 5.41) is 10.4. The molecule has 0 radical (unpaired) electrons. The van der Waals surface area contributed by atoms with Gasteiger partial charge in [-0.3, -0.25) is 14.7 Å². The van der Waals surface area contributed by atoms with Gasteiger partial charge in [-0.1, -0.05) is 17.3 Å². The van der Waals surface area contributed by atoms with Crippen molar-refractivity contribution in [1.82, 2.24) is 30.5 Å². The van der Waals surface area contributed by atoms with Gasteiger partial charge in [-0.15, -0.1) is 0 Å². The molecule has 2 heterocycles. The summed E-state index contributed by atoms with van der Waals surface area (Å²) < 4.78 is 4.92. The van der Waals surface area contributed by atoms with Crippen molar-refractivity contribution in [3.63, 3.8) is 0 Å². The summed E-state index contributed by atoms with van der Waals surface area (Å²) in [4.78, 5) is 23.5. The van der Waals surface area contributed by atoms with Crippen molar-refractivity contribution in [2.75, 3.05) is 60.4 Å². The molecule has 31 heavy (non-hydrogen) atoms. The summed E-state index contributed by atoms with van der Waals surface area (Å²) in [5.41, 5.74) is 2.68. The van der Waals surface area contributed by atoms with Crippen molar-refractivity contribution < 1.29 is 9.32 Å². The summed E-state index contributed by atoms with van der Waals surface area (Å²) in [5.74, 6) is 0.832. The second-order valence-corrected chi connectivity index (χ2v) is 7.91. The van der Waals surface area contributed by atoms with Crippen LogP contribution in [-0.4, -0.2) is 92.1 Å². The normalized spacial score (nSPS) is 15.4. The second kappa shape index (κ2) is 11.5. The second-order valence-electron chi connectivity index (χ2n) is 7.91. The summed E-state index contributed by atoms with van der Waals surface area (Å²) >= 11 is 0. The fourth-order valence-corrected chi connectivity index (χ4v) is 3.50. The van der Waals surface area contributed by atoms with Crippen LogP contribution in [0.4, 0.5) is 0 Å². The van der Waals surface area contributed by atoms with Gasteiger partial charge >= 0.3 is 0 Å². The van der Waals surface area contributed by atoms with Crippen molar-refractivity contribution in [2.24, 2.45) is 4.99 Å². The van der Waals surface area contributed by atoms with E-state index < -0.39 is 0 Å². The smallest absolute Gasteiger partial charge is 0.251 e. The molecule has 1 fully saturated rings. The number of rotatable bonds is 8. The predicted molar refractivity (Wildman–Crippen MR) is 121 cm³/mol. The summed E-state index contributed by atoms with van der Waals surface area (Å²) in [6.45, 7) is 6.53. The number of carbonyl (C=O) groups is 1. The third-order valence-corrected chi connectivity index (χ3v) is 5.24. The van der Waals surface area contributed by atoms with Crippen LogP contribution in [0.2, 0.25) is 0 Å². The molecule has 0 aliphatic carbocycles. The number of aliphatic imine (C=N–C) groups is 1. The summed E-state index contributed by atoms with van der Waals surface area (Å²) in [6, 6.07) is 9.62. The Labute approximate surface area is 184 Å². The van der Waals surface area contributed by atoms with Gasteiger partial charge in [0.15, 0.2) is 5.96 Å². The predicted octanol–water partition coefficient (Wildman–Crippen LogP) is 0.859. The number of nitrogens with one attached hydrogen (secondary N) is 2. The molecule has 0 saturated carbocycles. The number of hydrogen-bond acceptors (Lipinski definition) is 6. The van der Waals surface area contributed by atoms with Gasteiger partial charge in [0, 0.05) is 71.0 Å². The first kappa shape index (κ1) is 22.8. The Morgan fingerprint density at radius 2 is 2.00 bits per heavy atom. The number of hydrogen-bond donors (Lipinski definition) is 2. The highest BCUT2D eigenvalue weighted by Crippen LogP contribution is 2.09. The minimum Gasteiger partial charge on any atom is -0.364 e. The van der Waals surface area contributed by atoms with Crippen molar-refractivity contribution in [3.8, 4) is 0 Å². The first-order chi connectivity index (χ1) is 15.0. The van der Waals surface area contributed by atoms with E-state index in [0.717, 1.165) is 56.5 Å². The van der Waals surface area contributed by atoms with Gasteiger partial charge in [0.05, 0.1) is 5.69 Å².